The number of hydrogen-bond acceptors (Lipinski definition) is 2. The highest BCUT2D eigenvalue weighted by atomic mass is 35.5. The number of rotatable bonds is 1. The molecule has 0 aliphatic heterocycles. The summed E-state index contributed by atoms with van der Waals surface area (Å²) in [6.45, 7) is 0. The first kappa shape index (κ1) is 12.9. The Balaban J connectivity index is 0.000000845. The van der Waals surface area contributed by atoms with E-state index in [9.17, 15) is 0 Å². The van der Waals surface area contributed by atoms with E-state index in [1.165, 1.54) is 0 Å². The molecule has 0 radical (unpaired) electrons. The van der Waals surface area contributed by atoms with Crippen molar-refractivity contribution in [1.29, 1.82) is 0 Å². The van der Waals surface area contributed by atoms with Gasteiger partial charge in [-0.25, -0.2) is 0 Å². The lowest BCUT2D eigenvalue weighted by Gasteiger charge is -1.97. The molecule has 2 aromatic rings. The minimum Gasteiger partial charge on any atom is -0.264 e. The highest BCUT2D eigenvalue weighted by Crippen LogP contribution is 2.14. The van der Waals surface area contributed by atoms with E-state index in [1.807, 2.05) is 36.7 Å². The molecule has 0 unspecified atom stereocenters. The van der Waals surface area contributed by atoms with Crippen LogP contribution >= 0.6 is 24.8 Å². The first-order chi connectivity index (χ1) is 5.97. The van der Waals surface area contributed by atoms with Crippen LogP contribution in [0.1, 0.15) is 0 Å². The molecule has 0 atom stereocenters. The normalized spacial score (nSPS) is 8.29. The Morgan fingerprint density at radius 2 is 1.14 bits per heavy atom. The van der Waals surface area contributed by atoms with Gasteiger partial charge in [-0.15, -0.1) is 24.8 Å². The molecule has 4 heteroatoms. The van der Waals surface area contributed by atoms with Crippen LogP contribution in [0.15, 0.2) is 49.1 Å². The summed E-state index contributed by atoms with van der Waals surface area (Å²) in [5.74, 6) is 0. The fraction of sp³-hybridized carbons (Fsp3) is 0. The number of halogens is 2. The second-order valence-corrected chi connectivity index (χ2v) is 2.48. The van der Waals surface area contributed by atoms with Crippen LogP contribution < -0.4 is 0 Å². The fourth-order valence-corrected chi connectivity index (χ4v) is 1.07. The Morgan fingerprint density at radius 3 is 1.43 bits per heavy atom. The van der Waals surface area contributed by atoms with Gasteiger partial charge in [-0.3, -0.25) is 9.97 Å². The van der Waals surface area contributed by atoms with Crippen molar-refractivity contribution < 1.29 is 0 Å². The zero-order valence-corrected chi connectivity index (χ0v) is 8.96. The molecule has 2 aromatic heterocycles. The van der Waals surface area contributed by atoms with E-state index in [0.717, 1.165) is 11.1 Å². The van der Waals surface area contributed by atoms with E-state index in [1.54, 1.807) is 12.4 Å². The second kappa shape index (κ2) is 6.35. The molecule has 0 amide bonds. The zero-order valence-electron chi connectivity index (χ0n) is 7.33. The highest BCUT2D eigenvalue weighted by Gasteiger charge is 1.93. The van der Waals surface area contributed by atoms with E-state index in [-0.39, 0.29) is 24.8 Å². The van der Waals surface area contributed by atoms with Gasteiger partial charge >= 0.3 is 0 Å². The van der Waals surface area contributed by atoms with Crippen molar-refractivity contribution in [2.24, 2.45) is 0 Å². The number of pyridine rings is 2. The first-order valence-corrected chi connectivity index (χ1v) is 3.77. The smallest absolute Gasteiger partial charge is 0.0346 e. The van der Waals surface area contributed by atoms with Gasteiger partial charge in [0.2, 0.25) is 0 Å². The van der Waals surface area contributed by atoms with Crippen molar-refractivity contribution in [3.63, 3.8) is 0 Å². The maximum Gasteiger partial charge on any atom is 0.0346 e. The van der Waals surface area contributed by atoms with Crippen molar-refractivity contribution >= 4 is 24.8 Å². The summed E-state index contributed by atoms with van der Waals surface area (Å²) in [6, 6.07) is 7.87. The average Bonchev–Trinajstić information content (AvgIpc) is 2.21. The van der Waals surface area contributed by atoms with Crippen molar-refractivity contribution in [1.82, 2.24) is 9.97 Å². The van der Waals surface area contributed by atoms with Gasteiger partial charge < -0.3 is 0 Å². The summed E-state index contributed by atoms with van der Waals surface area (Å²) >= 11 is 0. The number of hydrogen-bond donors (Lipinski definition) is 0. The maximum atomic E-state index is 4.03. The maximum absolute atomic E-state index is 4.03. The molecule has 0 spiro atoms. The Hall–Kier alpha value is -1.12. The molecular weight excluding hydrogens is 219 g/mol. The lowest BCUT2D eigenvalue weighted by atomic mass is 10.1. The fourth-order valence-electron chi connectivity index (χ4n) is 1.07. The van der Waals surface area contributed by atoms with Crippen molar-refractivity contribution in [2.45, 2.75) is 0 Å². The monoisotopic (exact) mass is 228 g/mol. The summed E-state index contributed by atoms with van der Waals surface area (Å²) in [5, 5.41) is 0. The molecule has 2 heterocycles. The summed E-state index contributed by atoms with van der Waals surface area (Å²) in [7, 11) is 0. The van der Waals surface area contributed by atoms with Crippen LogP contribution in [0.2, 0.25) is 0 Å². The van der Waals surface area contributed by atoms with Gasteiger partial charge in [0.25, 0.3) is 0 Å². The zero-order chi connectivity index (χ0) is 8.23. The van der Waals surface area contributed by atoms with Crippen molar-refractivity contribution in [2.75, 3.05) is 0 Å². The minimum absolute atomic E-state index is 0. The molecule has 0 N–H and O–H groups in total. The predicted molar refractivity (Wildman–Crippen MR) is 62.0 cm³/mol. The third kappa shape index (κ3) is 2.98. The molecule has 0 saturated carbocycles. The Bertz CT molecular complexity index is 314. The summed E-state index contributed by atoms with van der Waals surface area (Å²) in [6.07, 6.45) is 7.19. The van der Waals surface area contributed by atoms with Crippen molar-refractivity contribution in [3.05, 3.63) is 49.1 Å². The topological polar surface area (TPSA) is 25.8 Å². The third-order valence-electron chi connectivity index (χ3n) is 1.66. The van der Waals surface area contributed by atoms with Crippen LogP contribution in [0.5, 0.6) is 0 Å². The second-order valence-electron chi connectivity index (χ2n) is 2.48. The largest absolute Gasteiger partial charge is 0.264 e. The van der Waals surface area contributed by atoms with Gasteiger partial charge in [0.15, 0.2) is 0 Å². The van der Waals surface area contributed by atoms with Gasteiger partial charge in [-0.1, -0.05) is 12.1 Å². The van der Waals surface area contributed by atoms with Gasteiger partial charge in [0.05, 0.1) is 0 Å². The Morgan fingerprint density at radius 1 is 0.714 bits per heavy atom. The third-order valence-corrected chi connectivity index (χ3v) is 1.66. The lowest BCUT2D eigenvalue weighted by molar-refractivity contribution is 1.30. The lowest BCUT2D eigenvalue weighted by Crippen LogP contribution is -1.79. The average molecular weight is 229 g/mol. The van der Waals surface area contributed by atoms with Gasteiger partial charge in [0, 0.05) is 35.9 Å². The quantitative estimate of drug-likeness (QED) is 0.751. The SMILES string of the molecule is Cl.Cl.c1cncc(-c2cccnc2)c1. The molecule has 74 valence electrons. The van der Waals surface area contributed by atoms with E-state index < -0.39 is 0 Å². The highest BCUT2D eigenvalue weighted by molar-refractivity contribution is 5.85. The summed E-state index contributed by atoms with van der Waals surface area (Å²) < 4.78 is 0. The van der Waals surface area contributed by atoms with Crippen LogP contribution in [0.25, 0.3) is 11.1 Å². The molecule has 0 aliphatic rings. The molecule has 2 rings (SSSR count). The summed E-state index contributed by atoms with van der Waals surface area (Å²) in [4.78, 5) is 8.07. The minimum atomic E-state index is 0. The van der Waals surface area contributed by atoms with Crippen LogP contribution in [-0.4, -0.2) is 9.97 Å². The number of nitrogens with zero attached hydrogens (tertiary/aromatic N) is 2. The van der Waals surface area contributed by atoms with Gasteiger partial charge in [-0.05, 0) is 12.1 Å². The van der Waals surface area contributed by atoms with Crippen LogP contribution in [0, 0.1) is 0 Å². The molecule has 0 saturated heterocycles. The molecule has 14 heavy (non-hydrogen) atoms. The standard InChI is InChI=1S/C10H8N2.2ClH/c1-3-9(7-11-5-1)10-4-2-6-12-8-10;;/h1-8H;2*1H. The Kier molecular flexibility index (Phi) is 5.84. The molecule has 0 fully saturated rings. The van der Waals surface area contributed by atoms with Crippen LogP contribution in [0.4, 0.5) is 0 Å². The van der Waals surface area contributed by atoms with Crippen LogP contribution in [0.3, 0.4) is 0 Å². The first-order valence-electron chi connectivity index (χ1n) is 3.77. The predicted octanol–water partition coefficient (Wildman–Crippen LogP) is 2.99. The van der Waals surface area contributed by atoms with Gasteiger partial charge in [-0.2, -0.15) is 0 Å². The molecule has 0 aromatic carbocycles. The molecular formula is C10H10Cl2N2. The molecule has 0 aliphatic carbocycles. The Labute approximate surface area is 95.2 Å². The van der Waals surface area contributed by atoms with Crippen LogP contribution in [-0.2, 0) is 0 Å². The van der Waals surface area contributed by atoms with E-state index in [2.05, 4.69) is 9.97 Å². The summed E-state index contributed by atoms with van der Waals surface area (Å²) in [5.41, 5.74) is 2.20. The van der Waals surface area contributed by atoms with E-state index in [4.69, 9.17) is 0 Å². The number of aromatic nitrogens is 2. The van der Waals surface area contributed by atoms with Gasteiger partial charge in [0.1, 0.15) is 0 Å². The van der Waals surface area contributed by atoms with E-state index >= 15 is 0 Å². The molecule has 0 bridgehead atoms. The molecule has 2 nitrogen and oxygen atoms in total. The van der Waals surface area contributed by atoms with E-state index in [0.29, 0.717) is 0 Å². The van der Waals surface area contributed by atoms with Crippen molar-refractivity contribution in [3.8, 4) is 11.1 Å².